The van der Waals surface area contributed by atoms with Gasteiger partial charge in [-0.25, -0.2) is 4.79 Å². The van der Waals surface area contributed by atoms with E-state index in [-0.39, 0.29) is 17.8 Å². The molecule has 0 unspecified atom stereocenters. The fraction of sp³-hybridized carbons (Fsp3) is 0.500. The number of allylic oxidation sites excluding steroid dienone is 1. The molecule has 5 nitrogen and oxygen atoms in total. The molecular formula is C8H8N2O3. The van der Waals surface area contributed by atoms with Crippen LogP contribution >= 0.6 is 0 Å². The summed E-state index contributed by atoms with van der Waals surface area (Å²) in [6.45, 7) is 1.87. The van der Waals surface area contributed by atoms with Gasteiger partial charge >= 0.3 is 6.09 Å². The normalized spacial score (nSPS) is 36.2. The van der Waals surface area contributed by atoms with Crippen molar-refractivity contribution in [2.24, 2.45) is 5.92 Å². The van der Waals surface area contributed by atoms with Gasteiger partial charge in [0.05, 0.1) is 0 Å². The van der Waals surface area contributed by atoms with Gasteiger partial charge in [-0.2, -0.15) is 5.26 Å². The summed E-state index contributed by atoms with van der Waals surface area (Å²) in [6, 6.07) is 1.89. The highest BCUT2D eigenvalue weighted by Crippen LogP contribution is 2.26. The van der Waals surface area contributed by atoms with Crippen LogP contribution in [-0.4, -0.2) is 18.4 Å². The molecule has 0 aromatic rings. The molecule has 0 saturated carbocycles. The third kappa shape index (κ3) is 1.20. The van der Waals surface area contributed by atoms with Gasteiger partial charge in [-0.15, -0.1) is 0 Å². The van der Waals surface area contributed by atoms with Crippen LogP contribution in [0.1, 0.15) is 6.92 Å². The largest absolute Gasteiger partial charge is 0.457 e. The highest BCUT2D eigenvalue weighted by Gasteiger charge is 2.42. The van der Waals surface area contributed by atoms with Gasteiger partial charge in [-0.1, -0.05) is 6.92 Å². The molecule has 2 aliphatic heterocycles. The van der Waals surface area contributed by atoms with E-state index in [0.717, 1.165) is 0 Å². The van der Waals surface area contributed by atoms with Crippen LogP contribution in [0.3, 0.4) is 0 Å². The van der Waals surface area contributed by atoms with E-state index in [4.69, 9.17) is 14.7 Å². The maximum atomic E-state index is 10.8. The molecule has 1 N–H and O–H groups in total. The predicted molar refractivity (Wildman–Crippen MR) is 41.1 cm³/mol. The lowest BCUT2D eigenvalue weighted by atomic mass is 10.0. The first kappa shape index (κ1) is 7.92. The second-order valence-corrected chi connectivity index (χ2v) is 3.05. The summed E-state index contributed by atoms with van der Waals surface area (Å²) >= 11 is 0. The molecule has 0 spiro atoms. The average Bonchev–Trinajstić information content (AvgIpc) is 2.46. The van der Waals surface area contributed by atoms with Crippen molar-refractivity contribution in [1.82, 2.24) is 5.32 Å². The summed E-state index contributed by atoms with van der Waals surface area (Å²) in [7, 11) is 0. The summed E-state index contributed by atoms with van der Waals surface area (Å²) < 4.78 is 10.1. The number of carbonyl (C=O) groups excluding carboxylic acids is 1. The van der Waals surface area contributed by atoms with Crippen molar-refractivity contribution in [3.05, 3.63) is 11.8 Å². The minimum absolute atomic E-state index is 0.00681. The van der Waals surface area contributed by atoms with E-state index in [9.17, 15) is 4.79 Å². The van der Waals surface area contributed by atoms with Crippen molar-refractivity contribution in [2.45, 2.75) is 19.3 Å². The van der Waals surface area contributed by atoms with E-state index in [0.29, 0.717) is 0 Å². The van der Waals surface area contributed by atoms with Crippen LogP contribution in [-0.2, 0) is 9.47 Å². The molecular weight excluding hydrogens is 172 g/mol. The Morgan fingerprint density at radius 3 is 3.08 bits per heavy atom. The second-order valence-electron chi connectivity index (χ2n) is 3.05. The Labute approximate surface area is 74.9 Å². The van der Waals surface area contributed by atoms with E-state index in [2.05, 4.69) is 5.32 Å². The number of nitrogens with one attached hydrogen (secondary N) is 1. The quantitative estimate of drug-likeness (QED) is 0.589. The minimum Gasteiger partial charge on any atom is -0.457 e. The monoisotopic (exact) mass is 180 g/mol. The molecule has 0 aromatic carbocycles. The zero-order valence-corrected chi connectivity index (χ0v) is 6.98. The molecule has 1 fully saturated rings. The number of fused-ring (bicyclic) bond motifs is 1. The topological polar surface area (TPSA) is 71.3 Å². The van der Waals surface area contributed by atoms with Crippen molar-refractivity contribution < 1.29 is 14.3 Å². The maximum Gasteiger partial charge on any atom is 0.410 e. The zero-order chi connectivity index (χ0) is 9.42. The Hall–Kier alpha value is -1.70. The Balaban J connectivity index is 2.22. The first-order valence-corrected chi connectivity index (χ1v) is 3.96. The summed E-state index contributed by atoms with van der Waals surface area (Å²) in [5, 5.41) is 11.1. The average molecular weight is 180 g/mol. The smallest absolute Gasteiger partial charge is 0.410 e. The lowest BCUT2D eigenvalue weighted by Crippen LogP contribution is -2.39. The van der Waals surface area contributed by atoms with Crippen molar-refractivity contribution in [3.63, 3.8) is 0 Å². The van der Waals surface area contributed by atoms with Crippen LogP contribution in [0.4, 0.5) is 4.79 Å². The standard InChI is InChI=1S/C8H8N2O3/c1-4-2-5(3-9)12-7-6(4)13-8(11)10-7/h2,4,6-7H,1H3,(H,10,11)/t4-,6+,7-/m1/s1. The fourth-order valence-electron chi connectivity index (χ4n) is 1.47. The number of nitrogens with zero attached hydrogens (tertiary/aromatic N) is 1. The van der Waals surface area contributed by atoms with Gasteiger partial charge in [0.15, 0.2) is 11.9 Å². The number of hydrogen-bond acceptors (Lipinski definition) is 4. The van der Waals surface area contributed by atoms with Gasteiger partial charge in [0.2, 0.25) is 6.23 Å². The number of alkyl carbamates (subject to hydrolysis) is 1. The van der Waals surface area contributed by atoms with E-state index >= 15 is 0 Å². The Morgan fingerprint density at radius 2 is 2.38 bits per heavy atom. The van der Waals surface area contributed by atoms with Crippen molar-refractivity contribution in [1.29, 1.82) is 5.26 Å². The summed E-state index contributed by atoms with van der Waals surface area (Å²) in [5.41, 5.74) is 0. The number of carbonyl (C=O) groups is 1. The van der Waals surface area contributed by atoms with Gasteiger partial charge in [0.1, 0.15) is 6.07 Å². The van der Waals surface area contributed by atoms with Crippen LogP contribution in [0.15, 0.2) is 11.8 Å². The van der Waals surface area contributed by atoms with Crippen molar-refractivity contribution in [3.8, 4) is 6.07 Å². The minimum atomic E-state index is -0.512. The van der Waals surface area contributed by atoms with E-state index in [1.54, 1.807) is 6.08 Å². The number of hydrogen-bond donors (Lipinski definition) is 1. The Morgan fingerprint density at radius 1 is 1.62 bits per heavy atom. The summed E-state index contributed by atoms with van der Waals surface area (Å²) in [4.78, 5) is 10.8. The van der Waals surface area contributed by atoms with E-state index in [1.807, 2.05) is 13.0 Å². The van der Waals surface area contributed by atoms with Gasteiger partial charge in [-0.3, -0.25) is 5.32 Å². The maximum absolute atomic E-state index is 10.8. The molecule has 0 aliphatic carbocycles. The van der Waals surface area contributed by atoms with Gasteiger partial charge in [0.25, 0.3) is 0 Å². The molecule has 68 valence electrons. The highest BCUT2D eigenvalue weighted by molar-refractivity contribution is 5.70. The number of nitriles is 1. The first-order valence-electron chi connectivity index (χ1n) is 3.96. The van der Waals surface area contributed by atoms with Crippen LogP contribution in [0.5, 0.6) is 0 Å². The molecule has 0 bridgehead atoms. The molecule has 1 saturated heterocycles. The summed E-state index contributed by atoms with van der Waals surface area (Å²) in [5.74, 6) is 0.242. The van der Waals surface area contributed by atoms with Crippen LogP contribution < -0.4 is 5.32 Å². The van der Waals surface area contributed by atoms with Crippen molar-refractivity contribution >= 4 is 6.09 Å². The highest BCUT2D eigenvalue weighted by atomic mass is 16.6. The van der Waals surface area contributed by atoms with Gasteiger partial charge in [-0.05, 0) is 6.08 Å². The first-order chi connectivity index (χ1) is 6.20. The second kappa shape index (κ2) is 2.66. The van der Waals surface area contributed by atoms with Gasteiger partial charge in [0, 0.05) is 5.92 Å². The SMILES string of the molecule is C[C@@H]1C=C(C#N)O[C@H]2NC(=O)O[C@@H]12. The van der Waals surface area contributed by atoms with Crippen LogP contribution in [0.2, 0.25) is 0 Å². The molecule has 0 aromatic heterocycles. The molecule has 2 rings (SSSR count). The molecule has 1 amide bonds. The molecule has 13 heavy (non-hydrogen) atoms. The van der Waals surface area contributed by atoms with E-state index < -0.39 is 12.3 Å². The predicted octanol–water partition coefficient (Wildman–Crippen LogP) is 0.495. The summed E-state index contributed by atoms with van der Waals surface area (Å²) in [6.07, 6.45) is 0.336. The zero-order valence-electron chi connectivity index (χ0n) is 6.98. The molecule has 3 atom stereocenters. The fourth-order valence-corrected chi connectivity index (χ4v) is 1.47. The molecule has 2 aliphatic rings. The van der Waals surface area contributed by atoms with Crippen LogP contribution in [0, 0.1) is 17.2 Å². The number of rotatable bonds is 0. The van der Waals surface area contributed by atoms with Crippen molar-refractivity contribution in [2.75, 3.05) is 0 Å². The Bertz CT molecular complexity index is 318. The third-order valence-electron chi connectivity index (χ3n) is 2.10. The van der Waals surface area contributed by atoms with Gasteiger partial charge < -0.3 is 9.47 Å². The lowest BCUT2D eigenvalue weighted by molar-refractivity contribution is 0.000405. The number of ether oxygens (including phenoxy) is 2. The van der Waals surface area contributed by atoms with E-state index in [1.165, 1.54) is 0 Å². The lowest BCUT2D eigenvalue weighted by Gasteiger charge is -2.25. The molecule has 5 heteroatoms. The molecule has 0 radical (unpaired) electrons. The number of amides is 1. The Kier molecular flexibility index (Phi) is 1.62. The molecule has 2 heterocycles. The van der Waals surface area contributed by atoms with Crippen LogP contribution in [0.25, 0.3) is 0 Å². The third-order valence-corrected chi connectivity index (χ3v) is 2.10.